The Morgan fingerprint density at radius 2 is 2.11 bits per heavy atom. The third-order valence-corrected chi connectivity index (χ3v) is 2.99. The van der Waals surface area contributed by atoms with Crippen LogP contribution in [0.15, 0.2) is 22.7 Å². The van der Waals surface area contributed by atoms with Crippen molar-refractivity contribution in [3.63, 3.8) is 0 Å². The maximum atomic E-state index is 11.7. The Kier molecular flexibility index (Phi) is 5.43. The molecule has 0 unspecified atom stereocenters. The van der Waals surface area contributed by atoms with Crippen LogP contribution in [0.5, 0.6) is 0 Å². The smallest absolute Gasteiger partial charge is 0.284 e. The Bertz CT molecular complexity index is 519. The molecule has 0 fully saturated rings. The van der Waals surface area contributed by atoms with E-state index in [1.807, 2.05) is 0 Å². The molecule has 19 heavy (non-hydrogen) atoms. The highest BCUT2D eigenvalue weighted by atomic mass is 79.9. The van der Waals surface area contributed by atoms with Crippen molar-refractivity contribution in [2.45, 2.75) is 6.42 Å². The fourth-order valence-electron chi connectivity index (χ4n) is 1.31. The van der Waals surface area contributed by atoms with Gasteiger partial charge in [-0.3, -0.25) is 19.7 Å². The third kappa shape index (κ3) is 4.32. The molecule has 0 aliphatic heterocycles. The molecule has 1 rings (SSSR count). The highest BCUT2D eigenvalue weighted by Crippen LogP contribution is 2.25. The summed E-state index contributed by atoms with van der Waals surface area (Å²) in [4.78, 5) is 32.8. The third-order valence-electron chi connectivity index (χ3n) is 2.32. The second kappa shape index (κ2) is 6.83. The van der Waals surface area contributed by atoms with Crippen LogP contribution in [0.1, 0.15) is 16.8 Å². The number of halogens is 1. The molecule has 0 aliphatic carbocycles. The van der Waals surface area contributed by atoms with Crippen LogP contribution < -0.4 is 10.6 Å². The summed E-state index contributed by atoms with van der Waals surface area (Å²) < 4.78 is 0.305. The monoisotopic (exact) mass is 329 g/mol. The van der Waals surface area contributed by atoms with Crippen molar-refractivity contribution in [1.82, 2.24) is 10.6 Å². The lowest BCUT2D eigenvalue weighted by Gasteiger charge is -2.05. The molecule has 0 aromatic heterocycles. The molecule has 0 heterocycles. The van der Waals surface area contributed by atoms with E-state index >= 15 is 0 Å². The van der Waals surface area contributed by atoms with Gasteiger partial charge in [-0.15, -0.1) is 0 Å². The first-order valence-corrected chi connectivity index (χ1v) is 6.17. The lowest BCUT2D eigenvalue weighted by molar-refractivity contribution is -0.385. The number of rotatable bonds is 5. The number of nitro groups is 1. The van der Waals surface area contributed by atoms with Crippen LogP contribution in [0.3, 0.4) is 0 Å². The molecule has 0 bridgehead atoms. The van der Waals surface area contributed by atoms with Crippen LogP contribution in [0.2, 0.25) is 0 Å². The predicted molar refractivity (Wildman–Crippen MR) is 71.8 cm³/mol. The quantitative estimate of drug-likeness (QED) is 0.626. The van der Waals surface area contributed by atoms with E-state index < -0.39 is 10.8 Å². The van der Waals surface area contributed by atoms with Crippen molar-refractivity contribution >= 4 is 33.4 Å². The summed E-state index contributed by atoms with van der Waals surface area (Å²) in [7, 11) is 1.50. The fraction of sp³-hybridized carbons (Fsp3) is 0.273. The van der Waals surface area contributed by atoms with Gasteiger partial charge in [0.25, 0.3) is 11.6 Å². The molecule has 0 radical (unpaired) electrons. The van der Waals surface area contributed by atoms with Gasteiger partial charge in [0, 0.05) is 31.6 Å². The maximum Gasteiger partial charge on any atom is 0.284 e. The minimum atomic E-state index is -0.578. The number of carbonyl (C=O) groups is 2. The van der Waals surface area contributed by atoms with Crippen molar-refractivity contribution in [1.29, 1.82) is 0 Å². The van der Waals surface area contributed by atoms with E-state index in [4.69, 9.17) is 0 Å². The van der Waals surface area contributed by atoms with Crippen molar-refractivity contribution in [3.05, 3.63) is 38.3 Å². The van der Waals surface area contributed by atoms with E-state index in [1.165, 1.54) is 25.2 Å². The van der Waals surface area contributed by atoms with E-state index in [-0.39, 0.29) is 30.1 Å². The molecule has 102 valence electrons. The molecule has 1 aromatic rings. The molecular formula is C11H12BrN3O4. The number of nitro benzene ring substituents is 1. The molecule has 0 saturated carbocycles. The zero-order valence-corrected chi connectivity index (χ0v) is 11.7. The molecule has 0 aliphatic rings. The van der Waals surface area contributed by atoms with Crippen molar-refractivity contribution < 1.29 is 14.5 Å². The van der Waals surface area contributed by atoms with Crippen LogP contribution >= 0.6 is 15.9 Å². The summed E-state index contributed by atoms with van der Waals surface area (Å²) in [5.74, 6) is -0.651. The zero-order chi connectivity index (χ0) is 14.4. The summed E-state index contributed by atoms with van der Waals surface area (Å²) in [6.07, 6.45) is 0.154. The van der Waals surface area contributed by atoms with Gasteiger partial charge in [-0.05, 0) is 28.1 Å². The van der Waals surface area contributed by atoms with Gasteiger partial charge in [0.05, 0.1) is 9.40 Å². The summed E-state index contributed by atoms with van der Waals surface area (Å²) in [5.41, 5.74) is -0.00856. The van der Waals surface area contributed by atoms with Crippen molar-refractivity contribution in [2.24, 2.45) is 0 Å². The molecule has 7 nitrogen and oxygen atoms in total. The van der Waals surface area contributed by atoms with Gasteiger partial charge in [0.2, 0.25) is 5.91 Å². The average Bonchev–Trinajstić information content (AvgIpc) is 2.38. The summed E-state index contributed by atoms with van der Waals surface area (Å²) in [6.45, 7) is 0.169. The van der Waals surface area contributed by atoms with Crippen LogP contribution in [0.25, 0.3) is 0 Å². The molecule has 8 heteroatoms. The Hall–Kier alpha value is -1.96. The Morgan fingerprint density at radius 1 is 1.42 bits per heavy atom. The van der Waals surface area contributed by atoms with Gasteiger partial charge in [-0.1, -0.05) is 0 Å². The number of amides is 2. The average molecular weight is 330 g/mol. The van der Waals surface area contributed by atoms with Gasteiger partial charge < -0.3 is 10.6 Å². The van der Waals surface area contributed by atoms with Crippen molar-refractivity contribution in [2.75, 3.05) is 13.6 Å². The van der Waals surface area contributed by atoms with E-state index in [0.29, 0.717) is 4.47 Å². The number of nitrogens with zero attached hydrogens (tertiary/aromatic N) is 1. The molecule has 0 atom stereocenters. The highest BCUT2D eigenvalue weighted by molar-refractivity contribution is 9.10. The highest BCUT2D eigenvalue weighted by Gasteiger charge is 2.15. The zero-order valence-electron chi connectivity index (χ0n) is 10.1. The van der Waals surface area contributed by atoms with E-state index in [2.05, 4.69) is 26.6 Å². The maximum absolute atomic E-state index is 11.7. The largest absolute Gasteiger partial charge is 0.359 e. The predicted octanol–water partition coefficient (Wildman–Crippen LogP) is 1.22. The number of benzene rings is 1. The second-order valence-electron chi connectivity index (χ2n) is 3.60. The number of carbonyl (C=O) groups excluding carboxylic acids is 2. The SMILES string of the molecule is CNC(=O)CCNC(=O)c1ccc(Br)c([N+](=O)[O-])c1. The van der Waals surface area contributed by atoms with Crippen LogP contribution in [0.4, 0.5) is 5.69 Å². The topological polar surface area (TPSA) is 101 Å². The normalized spacial score (nSPS) is 9.79. The molecule has 1 aromatic carbocycles. The van der Waals surface area contributed by atoms with E-state index in [1.54, 1.807) is 0 Å². The Labute approximate surface area is 117 Å². The minimum Gasteiger partial charge on any atom is -0.359 e. The summed E-state index contributed by atoms with van der Waals surface area (Å²) in [6, 6.07) is 4.08. The van der Waals surface area contributed by atoms with Crippen molar-refractivity contribution in [3.8, 4) is 0 Å². The Balaban J connectivity index is 2.70. The van der Waals surface area contributed by atoms with Gasteiger partial charge >= 0.3 is 0 Å². The van der Waals surface area contributed by atoms with E-state index in [0.717, 1.165) is 0 Å². The first-order chi connectivity index (χ1) is 8.95. The van der Waals surface area contributed by atoms with Gasteiger partial charge in [0.15, 0.2) is 0 Å². The lowest BCUT2D eigenvalue weighted by Crippen LogP contribution is -2.29. The summed E-state index contributed by atoms with van der Waals surface area (Å²) in [5, 5.41) is 15.7. The Morgan fingerprint density at radius 3 is 2.68 bits per heavy atom. The number of hydrogen-bond donors (Lipinski definition) is 2. The fourth-order valence-corrected chi connectivity index (χ4v) is 1.70. The molecule has 0 spiro atoms. The standard InChI is InChI=1S/C11H12BrN3O4/c1-13-10(16)4-5-14-11(17)7-2-3-8(12)9(6-7)15(18)19/h2-3,6H,4-5H2,1H3,(H,13,16)(H,14,17). The van der Waals surface area contributed by atoms with Crippen LogP contribution in [0, 0.1) is 10.1 Å². The molecular weight excluding hydrogens is 318 g/mol. The molecule has 2 N–H and O–H groups in total. The molecule has 2 amide bonds. The van der Waals surface area contributed by atoms with E-state index in [9.17, 15) is 19.7 Å². The number of nitrogens with one attached hydrogen (secondary N) is 2. The summed E-state index contributed by atoms with van der Waals surface area (Å²) >= 11 is 3.03. The second-order valence-corrected chi connectivity index (χ2v) is 4.46. The van der Waals surface area contributed by atoms with Crippen LogP contribution in [-0.2, 0) is 4.79 Å². The first-order valence-electron chi connectivity index (χ1n) is 5.38. The van der Waals surface area contributed by atoms with Gasteiger partial charge in [0.1, 0.15) is 0 Å². The minimum absolute atomic E-state index is 0.154. The lowest BCUT2D eigenvalue weighted by atomic mass is 10.2. The number of hydrogen-bond acceptors (Lipinski definition) is 4. The first kappa shape index (κ1) is 15.1. The molecule has 0 saturated heterocycles. The van der Waals surface area contributed by atoms with Gasteiger partial charge in [-0.2, -0.15) is 0 Å². The van der Waals surface area contributed by atoms with Gasteiger partial charge in [-0.25, -0.2) is 0 Å². The van der Waals surface area contributed by atoms with Crippen LogP contribution in [-0.4, -0.2) is 30.3 Å².